The number of nitrogens with two attached hydrogens (primary N) is 1. The summed E-state index contributed by atoms with van der Waals surface area (Å²) < 4.78 is 14.3. The van der Waals surface area contributed by atoms with Gasteiger partial charge in [-0.25, -0.2) is 4.39 Å². The Morgan fingerprint density at radius 2 is 2.00 bits per heavy atom. The Morgan fingerprint density at radius 3 is 2.68 bits per heavy atom. The zero-order chi connectivity index (χ0) is 14.0. The first-order chi connectivity index (χ1) is 8.97. The van der Waals surface area contributed by atoms with Crippen molar-refractivity contribution < 1.29 is 9.18 Å². The summed E-state index contributed by atoms with van der Waals surface area (Å²) in [5, 5.41) is 2.89. The van der Waals surface area contributed by atoms with Gasteiger partial charge in [0.05, 0.1) is 16.3 Å². The molecule has 0 saturated heterocycles. The van der Waals surface area contributed by atoms with Crippen LogP contribution in [0.2, 0.25) is 5.02 Å². The van der Waals surface area contributed by atoms with E-state index in [0.717, 1.165) is 10.5 Å². The van der Waals surface area contributed by atoms with Crippen LogP contribution in [0.15, 0.2) is 40.9 Å². The van der Waals surface area contributed by atoms with E-state index >= 15 is 0 Å². The molecule has 0 aromatic heterocycles. The molecule has 0 aliphatic rings. The molecule has 0 fully saturated rings. The van der Waals surface area contributed by atoms with E-state index in [4.69, 9.17) is 17.3 Å². The molecule has 3 N–H and O–H groups in total. The lowest BCUT2D eigenvalue weighted by Gasteiger charge is -2.08. The quantitative estimate of drug-likeness (QED) is 0.807. The molecule has 98 valence electrons. The molecule has 0 bridgehead atoms. The molecule has 3 nitrogen and oxygen atoms in total. The lowest BCUT2D eigenvalue weighted by Crippen LogP contribution is -2.14. The van der Waals surface area contributed by atoms with Gasteiger partial charge in [0, 0.05) is 10.2 Å². The molecule has 2 aromatic carbocycles. The van der Waals surface area contributed by atoms with Gasteiger partial charge in [0.15, 0.2) is 0 Å². The van der Waals surface area contributed by atoms with Gasteiger partial charge in [-0.2, -0.15) is 0 Å². The number of nitrogens with one attached hydrogen (secondary N) is 1. The Kier molecular flexibility index (Phi) is 4.07. The third-order valence-corrected chi connectivity index (χ3v) is 3.22. The molecule has 19 heavy (non-hydrogen) atoms. The summed E-state index contributed by atoms with van der Waals surface area (Å²) in [5.41, 5.74) is 6.12. The van der Waals surface area contributed by atoms with Crippen molar-refractivity contribution in [1.82, 2.24) is 0 Å². The van der Waals surface area contributed by atoms with Crippen LogP contribution in [0.1, 0.15) is 10.4 Å². The lowest BCUT2D eigenvalue weighted by atomic mass is 10.1. The van der Waals surface area contributed by atoms with Gasteiger partial charge in [-0.05, 0) is 36.4 Å². The van der Waals surface area contributed by atoms with Crippen molar-refractivity contribution in [1.29, 1.82) is 0 Å². The summed E-state index contributed by atoms with van der Waals surface area (Å²) in [4.78, 5) is 11.9. The number of carbonyl (C=O) groups is 1. The minimum atomic E-state index is -0.639. The van der Waals surface area contributed by atoms with Gasteiger partial charge in [-0.15, -0.1) is 0 Å². The highest BCUT2D eigenvalue weighted by molar-refractivity contribution is 9.10. The second kappa shape index (κ2) is 5.59. The van der Waals surface area contributed by atoms with E-state index < -0.39 is 11.7 Å². The van der Waals surface area contributed by atoms with E-state index in [1.54, 1.807) is 18.2 Å². The van der Waals surface area contributed by atoms with Crippen LogP contribution in [0.4, 0.5) is 15.8 Å². The molecule has 0 radical (unpaired) electrons. The smallest absolute Gasteiger partial charge is 0.258 e. The molecule has 0 spiro atoms. The first kappa shape index (κ1) is 13.8. The number of hydrogen-bond donors (Lipinski definition) is 2. The second-order valence-electron chi connectivity index (χ2n) is 3.82. The van der Waals surface area contributed by atoms with Crippen molar-refractivity contribution in [2.24, 2.45) is 0 Å². The minimum Gasteiger partial charge on any atom is -0.399 e. The Morgan fingerprint density at radius 1 is 1.26 bits per heavy atom. The largest absolute Gasteiger partial charge is 0.399 e. The minimum absolute atomic E-state index is 0.126. The van der Waals surface area contributed by atoms with Crippen LogP contribution in [0, 0.1) is 5.82 Å². The van der Waals surface area contributed by atoms with Gasteiger partial charge in [0.1, 0.15) is 5.82 Å². The number of carbonyl (C=O) groups excluding carboxylic acids is 1. The average molecular weight is 344 g/mol. The van der Waals surface area contributed by atoms with Crippen molar-refractivity contribution in [2.75, 3.05) is 11.1 Å². The molecule has 0 aliphatic heterocycles. The molecule has 0 saturated carbocycles. The number of anilines is 2. The van der Waals surface area contributed by atoms with Gasteiger partial charge >= 0.3 is 0 Å². The number of hydrogen-bond acceptors (Lipinski definition) is 2. The standard InChI is InChI=1S/C13H9BrClFN2O/c14-7-1-4-12(10(15)5-7)18-13(19)9-6-8(17)2-3-11(9)16/h1-6H,17H2,(H,18,19). The van der Waals surface area contributed by atoms with Gasteiger partial charge in [-0.1, -0.05) is 27.5 Å². The van der Waals surface area contributed by atoms with Crippen molar-refractivity contribution in [3.63, 3.8) is 0 Å². The number of amides is 1. The molecular weight excluding hydrogens is 335 g/mol. The fourth-order valence-corrected chi connectivity index (χ4v) is 2.22. The zero-order valence-electron chi connectivity index (χ0n) is 9.58. The predicted octanol–water partition coefficient (Wildman–Crippen LogP) is 4.08. The first-order valence-electron chi connectivity index (χ1n) is 5.29. The van der Waals surface area contributed by atoms with E-state index in [0.29, 0.717) is 16.4 Å². The van der Waals surface area contributed by atoms with E-state index in [1.165, 1.54) is 12.1 Å². The predicted molar refractivity (Wildman–Crippen MR) is 77.9 cm³/mol. The molecule has 0 atom stereocenters. The highest BCUT2D eigenvalue weighted by Crippen LogP contribution is 2.26. The van der Waals surface area contributed by atoms with Gasteiger partial charge < -0.3 is 11.1 Å². The van der Waals surface area contributed by atoms with Crippen LogP contribution in [0.5, 0.6) is 0 Å². The van der Waals surface area contributed by atoms with Crippen LogP contribution in [-0.4, -0.2) is 5.91 Å². The van der Waals surface area contributed by atoms with Crippen LogP contribution in [0.25, 0.3) is 0 Å². The highest BCUT2D eigenvalue weighted by Gasteiger charge is 2.13. The topological polar surface area (TPSA) is 55.1 Å². The summed E-state index contributed by atoms with van der Waals surface area (Å²) in [5.74, 6) is -1.24. The van der Waals surface area contributed by atoms with E-state index in [-0.39, 0.29) is 5.56 Å². The molecule has 6 heteroatoms. The van der Waals surface area contributed by atoms with E-state index in [1.807, 2.05) is 0 Å². The molecule has 0 heterocycles. The van der Waals surface area contributed by atoms with E-state index in [9.17, 15) is 9.18 Å². The van der Waals surface area contributed by atoms with Crippen molar-refractivity contribution in [3.05, 3.63) is 57.3 Å². The van der Waals surface area contributed by atoms with Crippen molar-refractivity contribution in [2.45, 2.75) is 0 Å². The summed E-state index contributed by atoms with van der Waals surface area (Å²) >= 11 is 9.22. The van der Waals surface area contributed by atoms with E-state index in [2.05, 4.69) is 21.2 Å². The summed E-state index contributed by atoms with van der Waals surface area (Å²) in [6.45, 7) is 0. The summed E-state index contributed by atoms with van der Waals surface area (Å²) in [7, 11) is 0. The number of rotatable bonds is 2. The molecule has 0 aliphatic carbocycles. The van der Waals surface area contributed by atoms with Crippen molar-refractivity contribution >= 4 is 44.8 Å². The van der Waals surface area contributed by atoms with Crippen molar-refractivity contribution in [3.8, 4) is 0 Å². The lowest BCUT2D eigenvalue weighted by molar-refractivity contribution is 0.102. The van der Waals surface area contributed by atoms with Gasteiger partial charge in [-0.3, -0.25) is 4.79 Å². The monoisotopic (exact) mass is 342 g/mol. The SMILES string of the molecule is Nc1ccc(F)c(C(=O)Nc2ccc(Br)cc2Cl)c1. The second-order valence-corrected chi connectivity index (χ2v) is 5.14. The maximum atomic E-state index is 13.5. The summed E-state index contributed by atoms with van der Waals surface area (Å²) in [6.07, 6.45) is 0. The average Bonchev–Trinajstić information content (AvgIpc) is 2.35. The molecule has 2 aromatic rings. The third kappa shape index (κ3) is 3.24. The first-order valence-corrected chi connectivity index (χ1v) is 6.46. The molecule has 2 rings (SSSR count). The molecule has 1 amide bonds. The maximum Gasteiger partial charge on any atom is 0.258 e. The Balaban J connectivity index is 2.28. The maximum absolute atomic E-state index is 13.5. The molecule has 0 unspecified atom stereocenters. The fourth-order valence-electron chi connectivity index (χ4n) is 1.50. The normalized spacial score (nSPS) is 10.3. The zero-order valence-corrected chi connectivity index (χ0v) is 11.9. The van der Waals surface area contributed by atoms with Crippen LogP contribution in [-0.2, 0) is 0 Å². The summed E-state index contributed by atoms with van der Waals surface area (Å²) in [6, 6.07) is 8.78. The number of nitrogen functional groups attached to an aromatic ring is 1. The third-order valence-electron chi connectivity index (χ3n) is 2.41. The van der Waals surface area contributed by atoms with Crippen LogP contribution in [0.3, 0.4) is 0 Å². The van der Waals surface area contributed by atoms with Crippen LogP contribution >= 0.6 is 27.5 Å². The van der Waals surface area contributed by atoms with Crippen LogP contribution < -0.4 is 11.1 Å². The fraction of sp³-hybridized carbons (Fsp3) is 0. The number of halogens is 3. The molecular formula is C13H9BrClFN2O. The van der Waals surface area contributed by atoms with Gasteiger partial charge in [0.25, 0.3) is 5.91 Å². The Bertz CT molecular complexity index is 649. The Hall–Kier alpha value is -1.59. The Labute approximate surface area is 122 Å². The van der Waals surface area contributed by atoms with Gasteiger partial charge in [0.2, 0.25) is 0 Å². The number of benzene rings is 2. The highest BCUT2D eigenvalue weighted by atomic mass is 79.9.